The molecule has 0 radical (unpaired) electrons. The summed E-state index contributed by atoms with van der Waals surface area (Å²) >= 11 is 0. The molecule has 82 valence electrons. The highest BCUT2D eigenvalue weighted by molar-refractivity contribution is 5.69. The molecule has 1 aliphatic rings. The first-order valence-corrected chi connectivity index (χ1v) is 5.30. The third-order valence-electron chi connectivity index (χ3n) is 3.02. The monoisotopic (exact) mass is 207 g/mol. The Balaban J connectivity index is 2.48. The summed E-state index contributed by atoms with van der Waals surface area (Å²) in [6, 6.07) is 4.02. The molecular formula is C12H17NO2. The quantitative estimate of drug-likeness (QED) is 0.826. The number of hydrogen-bond acceptors (Lipinski definition) is 3. The smallest absolute Gasteiger partial charge is 0.145 e. The number of nitrogens with one attached hydrogen (secondary N) is 1. The van der Waals surface area contributed by atoms with Crippen LogP contribution in [0.4, 0.5) is 5.69 Å². The van der Waals surface area contributed by atoms with E-state index in [4.69, 9.17) is 9.47 Å². The molecule has 0 fully saturated rings. The van der Waals surface area contributed by atoms with Crippen LogP contribution in [0.3, 0.4) is 0 Å². The molecule has 0 amide bonds. The second-order valence-corrected chi connectivity index (χ2v) is 3.78. The summed E-state index contributed by atoms with van der Waals surface area (Å²) in [4.78, 5) is 0. The predicted molar refractivity (Wildman–Crippen MR) is 61.1 cm³/mol. The first kappa shape index (κ1) is 10.1. The first-order chi connectivity index (χ1) is 7.30. The Bertz CT molecular complexity index is 363. The Hall–Kier alpha value is -1.38. The normalized spacial score (nSPS) is 18.2. The summed E-state index contributed by atoms with van der Waals surface area (Å²) in [6.45, 7) is 3.20. The van der Waals surface area contributed by atoms with Crippen molar-refractivity contribution in [3.63, 3.8) is 0 Å². The molecule has 3 nitrogen and oxygen atoms in total. The highest BCUT2D eigenvalue weighted by atomic mass is 16.5. The molecule has 0 saturated carbocycles. The van der Waals surface area contributed by atoms with Crippen molar-refractivity contribution in [2.24, 2.45) is 0 Å². The zero-order valence-electron chi connectivity index (χ0n) is 9.46. The Kier molecular flexibility index (Phi) is 2.71. The van der Waals surface area contributed by atoms with Gasteiger partial charge in [0.25, 0.3) is 0 Å². The number of hydrogen-bond donors (Lipinski definition) is 1. The van der Waals surface area contributed by atoms with Crippen LogP contribution in [0, 0.1) is 0 Å². The van der Waals surface area contributed by atoms with Crippen molar-refractivity contribution in [3.8, 4) is 11.5 Å². The van der Waals surface area contributed by atoms with Crippen LogP contribution in [0.1, 0.15) is 24.8 Å². The van der Waals surface area contributed by atoms with Gasteiger partial charge in [0.15, 0.2) is 0 Å². The maximum atomic E-state index is 5.35. The molecule has 0 aliphatic carbocycles. The van der Waals surface area contributed by atoms with Gasteiger partial charge in [0.1, 0.15) is 11.5 Å². The van der Waals surface area contributed by atoms with Crippen molar-refractivity contribution < 1.29 is 9.47 Å². The number of rotatable bonds is 3. The fraction of sp³-hybridized carbons (Fsp3) is 0.500. The molecule has 1 heterocycles. The van der Waals surface area contributed by atoms with Crippen molar-refractivity contribution in [1.82, 2.24) is 0 Å². The molecule has 0 bridgehead atoms. The van der Waals surface area contributed by atoms with Crippen molar-refractivity contribution in [2.45, 2.75) is 19.3 Å². The van der Waals surface area contributed by atoms with Crippen LogP contribution in [0.25, 0.3) is 0 Å². The average molecular weight is 207 g/mol. The van der Waals surface area contributed by atoms with E-state index in [1.54, 1.807) is 14.2 Å². The van der Waals surface area contributed by atoms with E-state index in [-0.39, 0.29) is 0 Å². The third kappa shape index (κ3) is 1.62. The number of methoxy groups -OCH3 is 2. The zero-order valence-corrected chi connectivity index (χ0v) is 9.46. The fourth-order valence-electron chi connectivity index (χ4n) is 2.10. The summed E-state index contributed by atoms with van der Waals surface area (Å²) in [5, 5.41) is 3.39. The van der Waals surface area contributed by atoms with Crippen LogP contribution in [0.5, 0.6) is 11.5 Å². The molecular weight excluding hydrogens is 190 g/mol. The Labute approximate surface area is 90.4 Å². The lowest BCUT2D eigenvalue weighted by molar-refractivity contribution is 0.395. The van der Waals surface area contributed by atoms with Gasteiger partial charge in [-0.2, -0.15) is 0 Å². The van der Waals surface area contributed by atoms with Gasteiger partial charge in [-0.3, -0.25) is 0 Å². The minimum Gasteiger partial charge on any atom is -0.497 e. The van der Waals surface area contributed by atoms with Gasteiger partial charge in [-0.25, -0.2) is 0 Å². The van der Waals surface area contributed by atoms with Gasteiger partial charge in [-0.1, -0.05) is 6.92 Å². The number of benzene rings is 1. The topological polar surface area (TPSA) is 30.5 Å². The Morgan fingerprint density at radius 3 is 2.73 bits per heavy atom. The standard InChI is InChI=1S/C12H17NO2/c1-4-8-7-13-12-10(8)5-9(14-2)6-11(12)15-3/h5-6,8,13H,4,7H2,1-3H3. The minimum atomic E-state index is 0.573. The fourth-order valence-corrected chi connectivity index (χ4v) is 2.10. The van der Waals surface area contributed by atoms with E-state index < -0.39 is 0 Å². The molecule has 0 saturated heterocycles. The average Bonchev–Trinajstić information content (AvgIpc) is 2.70. The van der Waals surface area contributed by atoms with Crippen molar-refractivity contribution in [2.75, 3.05) is 26.1 Å². The molecule has 1 aromatic rings. The number of fused-ring (bicyclic) bond motifs is 1. The SMILES string of the molecule is CCC1CNc2c(OC)cc(OC)cc21. The molecule has 2 rings (SSSR count). The molecule has 3 heteroatoms. The Morgan fingerprint density at radius 1 is 1.33 bits per heavy atom. The molecule has 15 heavy (non-hydrogen) atoms. The lowest BCUT2D eigenvalue weighted by atomic mass is 9.98. The second kappa shape index (κ2) is 4.01. The van der Waals surface area contributed by atoms with Crippen molar-refractivity contribution >= 4 is 5.69 Å². The molecule has 1 N–H and O–H groups in total. The van der Waals surface area contributed by atoms with E-state index in [1.807, 2.05) is 6.07 Å². The maximum absolute atomic E-state index is 5.35. The van der Waals surface area contributed by atoms with E-state index in [0.29, 0.717) is 5.92 Å². The highest BCUT2D eigenvalue weighted by Gasteiger charge is 2.24. The molecule has 1 unspecified atom stereocenters. The first-order valence-electron chi connectivity index (χ1n) is 5.30. The number of anilines is 1. The third-order valence-corrected chi connectivity index (χ3v) is 3.02. The van der Waals surface area contributed by atoms with Gasteiger partial charge in [-0.05, 0) is 18.1 Å². The number of ether oxygens (including phenoxy) is 2. The molecule has 1 aromatic carbocycles. The minimum absolute atomic E-state index is 0.573. The van der Waals surface area contributed by atoms with Crippen LogP contribution in [-0.4, -0.2) is 20.8 Å². The lowest BCUT2D eigenvalue weighted by Crippen LogP contribution is -1.99. The van der Waals surface area contributed by atoms with Gasteiger partial charge in [0.05, 0.1) is 19.9 Å². The van der Waals surface area contributed by atoms with E-state index in [1.165, 1.54) is 5.56 Å². The van der Waals surface area contributed by atoms with Gasteiger partial charge < -0.3 is 14.8 Å². The van der Waals surface area contributed by atoms with Crippen LogP contribution in [0.2, 0.25) is 0 Å². The summed E-state index contributed by atoms with van der Waals surface area (Å²) < 4.78 is 10.6. The van der Waals surface area contributed by atoms with E-state index in [9.17, 15) is 0 Å². The lowest BCUT2D eigenvalue weighted by Gasteiger charge is -2.11. The summed E-state index contributed by atoms with van der Waals surface area (Å²) in [6.07, 6.45) is 1.14. The highest BCUT2D eigenvalue weighted by Crippen LogP contribution is 2.42. The van der Waals surface area contributed by atoms with E-state index >= 15 is 0 Å². The largest absolute Gasteiger partial charge is 0.497 e. The maximum Gasteiger partial charge on any atom is 0.145 e. The van der Waals surface area contributed by atoms with Crippen LogP contribution in [0.15, 0.2) is 12.1 Å². The van der Waals surface area contributed by atoms with Gasteiger partial charge in [0, 0.05) is 18.5 Å². The predicted octanol–water partition coefficient (Wildman–Crippen LogP) is 2.62. The van der Waals surface area contributed by atoms with Crippen molar-refractivity contribution in [1.29, 1.82) is 0 Å². The van der Waals surface area contributed by atoms with E-state index in [0.717, 1.165) is 30.2 Å². The van der Waals surface area contributed by atoms with Gasteiger partial charge >= 0.3 is 0 Å². The Morgan fingerprint density at radius 2 is 2.13 bits per heavy atom. The van der Waals surface area contributed by atoms with Gasteiger partial charge in [0.2, 0.25) is 0 Å². The van der Waals surface area contributed by atoms with Crippen molar-refractivity contribution in [3.05, 3.63) is 17.7 Å². The zero-order chi connectivity index (χ0) is 10.8. The van der Waals surface area contributed by atoms with Crippen LogP contribution >= 0.6 is 0 Å². The second-order valence-electron chi connectivity index (χ2n) is 3.78. The van der Waals surface area contributed by atoms with Crippen LogP contribution in [-0.2, 0) is 0 Å². The van der Waals surface area contributed by atoms with E-state index in [2.05, 4.69) is 18.3 Å². The van der Waals surface area contributed by atoms with Crippen LogP contribution < -0.4 is 14.8 Å². The molecule has 0 aromatic heterocycles. The summed E-state index contributed by atoms with van der Waals surface area (Å²) in [5.41, 5.74) is 2.44. The molecule has 1 aliphatic heterocycles. The summed E-state index contributed by atoms with van der Waals surface area (Å²) in [7, 11) is 3.38. The van der Waals surface area contributed by atoms with Gasteiger partial charge in [-0.15, -0.1) is 0 Å². The molecule has 1 atom stereocenters. The summed E-state index contributed by atoms with van der Waals surface area (Å²) in [5.74, 6) is 2.32. The molecule has 0 spiro atoms.